The van der Waals surface area contributed by atoms with Gasteiger partial charge in [0.05, 0.1) is 19.1 Å². The Morgan fingerprint density at radius 2 is 1.81 bits per heavy atom. The van der Waals surface area contributed by atoms with Gasteiger partial charge < -0.3 is 10.1 Å². The summed E-state index contributed by atoms with van der Waals surface area (Å²) in [4.78, 5) is 11.9. The third-order valence-electron chi connectivity index (χ3n) is 3.09. The van der Waals surface area contributed by atoms with Gasteiger partial charge in [-0.25, -0.2) is 0 Å². The number of halogens is 1. The summed E-state index contributed by atoms with van der Waals surface area (Å²) in [6, 6.07) is 17.3. The summed E-state index contributed by atoms with van der Waals surface area (Å²) in [5.74, 6) is 0.762. The second-order valence-electron chi connectivity index (χ2n) is 4.72. The molecule has 1 N–H and O–H groups in total. The van der Waals surface area contributed by atoms with Crippen LogP contribution in [0.3, 0.4) is 0 Å². The van der Waals surface area contributed by atoms with Gasteiger partial charge in [0.15, 0.2) is 0 Å². The summed E-state index contributed by atoms with van der Waals surface area (Å²) >= 11 is 3.49. The highest BCUT2D eigenvalue weighted by molar-refractivity contribution is 9.10. The number of ether oxygens (including phenoxy) is 1. The lowest BCUT2D eigenvalue weighted by atomic mass is 10.1. The molecule has 0 radical (unpaired) electrons. The molecule has 21 heavy (non-hydrogen) atoms. The molecule has 0 aromatic heterocycles. The molecule has 0 bridgehead atoms. The van der Waals surface area contributed by atoms with Crippen LogP contribution in [0.1, 0.15) is 24.9 Å². The van der Waals surface area contributed by atoms with Gasteiger partial charge in [0, 0.05) is 4.47 Å². The standard InChI is InChI=1S/C17H18BrNO2/c1-13(15-9-5-6-10-16(15)18)19-17(20)11-12-21-14-7-3-2-4-8-14/h2-10,13H,11-12H2,1H3,(H,19,20). The lowest BCUT2D eigenvalue weighted by molar-refractivity contribution is -0.122. The average molecular weight is 348 g/mol. The number of benzene rings is 2. The number of hydrogen-bond acceptors (Lipinski definition) is 2. The predicted molar refractivity (Wildman–Crippen MR) is 87.3 cm³/mol. The first-order valence-corrected chi connectivity index (χ1v) is 7.68. The third kappa shape index (κ3) is 4.90. The Bertz CT molecular complexity index is 586. The van der Waals surface area contributed by atoms with E-state index in [2.05, 4.69) is 21.2 Å². The maximum Gasteiger partial charge on any atom is 0.223 e. The fourth-order valence-corrected chi connectivity index (χ4v) is 2.62. The molecule has 0 fully saturated rings. The van der Waals surface area contributed by atoms with Crippen LogP contribution >= 0.6 is 15.9 Å². The molecule has 2 aromatic carbocycles. The molecular weight excluding hydrogens is 330 g/mol. The third-order valence-corrected chi connectivity index (χ3v) is 3.81. The molecule has 3 nitrogen and oxygen atoms in total. The number of carbonyl (C=O) groups excluding carboxylic acids is 1. The van der Waals surface area contributed by atoms with E-state index in [1.54, 1.807) is 0 Å². The average Bonchev–Trinajstić information content (AvgIpc) is 2.48. The van der Waals surface area contributed by atoms with Crippen molar-refractivity contribution in [3.05, 3.63) is 64.6 Å². The smallest absolute Gasteiger partial charge is 0.223 e. The molecule has 1 amide bonds. The molecule has 2 rings (SSSR count). The minimum absolute atomic E-state index is 0.0193. The molecule has 110 valence electrons. The molecule has 0 aliphatic rings. The van der Waals surface area contributed by atoms with E-state index in [4.69, 9.17) is 4.74 Å². The molecule has 0 aliphatic carbocycles. The Balaban J connectivity index is 1.78. The van der Waals surface area contributed by atoms with E-state index in [0.717, 1.165) is 15.8 Å². The number of rotatable bonds is 6. The van der Waals surface area contributed by atoms with Crippen LogP contribution in [0.15, 0.2) is 59.1 Å². The maximum atomic E-state index is 11.9. The minimum atomic E-state index is -0.0372. The van der Waals surface area contributed by atoms with Crippen LogP contribution in [0.4, 0.5) is 0 Å². The lowest BCUT2D eigenvalue weighted by Crippen LogP contribution is -2.28. The molecule has 2 aromatic rings. The van der Waals surface area contributed by atoms with Crippen molar-refractivity contribution >= 4 is 21.8 Å². The van der Waals surface area contributed by atoms with Crippen LogP contribution in [0.25, 0.3) is 0 Å². The Morgan fingerprint density at radius 3 is 2.52 bits per heavy atom. The zero-order chi connectivity index (χ0) is 15.1. The second kappa shape index (κ2) is 7.84. The topological polar surface area (TPSA) is 38.3 Å². The van der Waals surface area contributed by atoms with Gasteiger partial charge >= 0.3 is 0 Å². The van der Waals surface area contributed by atoms with E-state index in [1.165, 1.54) is 0 Å². The Labute approximate surface area is 133 Å². The fourth-order valence-electron chi connectivity index (χ4n) is 2.00. The van der Waals surface area contributed by atoms with Crippen molar-refractivity contribution < 1.29 is 9.53 Å². The SMILES string of the molecule is CC(NC(=O)CCOc1ccccc1)c1ccccc1Br. The van der Waals surface area contributed by atoms with E-state index >= 15 is 0 Å². The zero-order valence-corrected chi connectivity index (χ0v) is 13.5. The second-order valence-corrected chi connectivity index (χ2v) is 5.58. The van der Waals surface area contributed by atoms with E-state index in [-0.39, 0.29) is 11.9 Å². The highest BCUT2D eigenvalue weighted by Crippen LogP contribution is 2.22. The Kier molecular flexibility index (Phi) is 5.81. The van der Waals surface area contributed by atoms with E-state index in [9.17, 15) is 4.79 Å². The summed E-state index contributed by atoms with van der Waals surface area (Å²) in [5.41, 5.74) is 1.06. The summed E-state index contributed by atoms with van der Waals surface area (Å²) in [7, 11) is 0. The van der Waals surface area contributed by atoms with Crippen molar-refractivity contribution in [1.82, 2.24) is 5.32 Å². The van der Waals surface area contributed by atoms with E-state index in [1.807, 2.05) is 61.5 Å². The largest absolute Gasteiger partial charge is 0.493 e. The number of para-hydroxylation sites is 1. The van der Waals surface area contributed by atoms with Crippen molar-refractivity contribution in [2.45, 2.75) is 19.4 Å². The Hall–Kier alpha value is -1.81. The Morgan fingerprint density at radius 1 is 1.14 bits per heavy atom. The molecular formula is C17H18BrNO2. The van der Waals surface area contributed by atoms with Crippen molar-refractivity contribution in [3.63, 3.8) is 0 Å². The van der Waals surface area contributed by atoms with Crippen molar-refractivity contribution in [1.29, 1.82) is 0 Å². The van der Waals surface area contributed by atoms with E-state index in [0.29, 0.717) is 13.0 Å². The normalized spacial score (nSPS) is 11.7. The summed E-state index contributed by atoms with van der Waals surface area (Å²) in [5, 5.41) is 2.97. The van der Waals surface area contributed by atoms with Crippen molar-refractivity contribution in [3.8, 4) is 5.75 Å². The fraction of sp³-hybridized carbons (Fsp3) is 0.235. The first kappa shape index (κ1) is 15.6. The lowest BCUT2D eigenvalue weighted by Gasteiger charge is -2.16. The predicted octanol–water partition coefficient (Wildman–Crippen LogP) is 4.10. The molecule has 0 heterocycles. The molecule has 0 saturated carbocycles. The van der Waals surface area contributed by atoms with Crippen LogP contribution < -0.4 is 10.1 Å². The zero-order valence-electron chi connectivity index (χ0n) is 11.9. The summed E-state index contributed by atoms with van der Waals surface area (Å²) < 4.78 is 6.52. The van der Waals surface area contributed by atoms with Gasteiger partial charge in [0.1, 0.15) is 5.75 Å². The monoisotopic (exact) mass is 347 g/mol. The first-order valence-electron chi connectivity index (χ1n) is 6.88. The molecule has 4 heteroatoms. The van der Waals surface area contributed by atoms with Crippen LogP contribution in [0.5, 0.6) is 5.75 Å². The molecule has 1 unspecified atom stereocenters. The van der Waals surface area contributed by atoms with Gasteiger partial charge in [0.2, 0.25) is 5.91 Å². The van der Waals surface area contributed by atoms with Gasteiger partial charge in [0.25, 0.3) is 0 Å². The van der Waals surface area contributed by atoms with Crippen LogP contribution in [-0.2, 0) is 4.79 Å². The van der Waals surface area contributed by atoms with Crippen LogP contribution in [0, 0.1) is 0 Å². The van der Waals surface area contributed by atoms with Gasteiger partial charge in [-0.15, -0.1) is 0 Å². The van der Waals surface area contributed by atoms with Crippen LogP contribution in [0.2, 0.25) is 0 Å². The minimum Gasteiger partial charge on any atom is -0.493 e. The van der Waals surface area contributed by atoms with E-state index < -0.39 is 0 Å². The summed E-state index contributed by atoms with van der Waals surface area (Å²) in [6.07, 6.45) is 0.337. The van der Waals surface area contributed by atoms with Crippen LogP contribution in [-0.4, -0.2) is 12.5 Å². The van der Waals surface area contributed by atoms with Crippen molar-refractivity contribution in [2.24, 2.45) is 0 Å². The highest BCUT2D eigenvalue weighted by Gasteiger charge is 2.11. The molecule has 1 atom stereocenters. The maximum absolute atomic E-state index is 11.9. The first-order chi connectivity index (χ1) is 10.2. The van der Waals surface area contributed by atoms with Gasteiger partial charge in [-0.1, -0.05) is 52.3 Å². The highest BCUT2D eigenvalue weighted by atomic mass is 79.9. The van der Waals surface area contributed by atoms with Crippen molar-refractivity contribution in [2.75, 3.05) is 6.61 Å². The molecule has 0 saturated heterocycles. The quantitative estimate of drug-likeness (QED) is 0.854. The van der Waals surface area contributed by atoms with Gasteiger partial charge in [-0.3, -0.25) is 4.79 Å². The van der Waals surface area contributed by atoms with Gasteiger partial charge in [-0.05, 0) is 30.7 Å². The molecule has 0 spiro atoms. The number of carbonyl (C=O) groups is 1. The number of amides is 1. The van der Waals surface area contributed by atoms with Gasteiger partial charge in [-0.2, -0.15) is 0 Å². The molecule has 0 aliphatic heterocycles. The summed E-state index contributed by atoms with van der Waals surface area (Å²) in [6.45, 7) is 2.34. The number of nitrogens with one attached hydrogen (secondary N) is 1. The number of hydrogen-bond donors (Lipinski definition) is 1.